The van der Waals surface area contributed by atoms with Crippen LogP contribution < -0.4 is 17.0 Å². The maximum atomic E-state index is 14.2. The molecule has 128 valence electrons. The number of halogens is 10. The van der Waals surface area contributed by atoms with Crippen molar-refractivity contribution >= 4 is 44.6 Å². The summed E-state index contributed by atoms with van der Waals surface area (Å²) >= 11 is 0. The van der Waals surface area contributed by atoms with E-state index in [0.717, 1.165) is 6.07 Å². The maximum absolute atomic E-state index is 14.2. The monoisotopic (exact) mass is 442 g/mol. The zero-order chi connectivity index (χ0) is 17.2. The van der Waals surface area contributed by atoms with Crippen LogP contribution in [0.2, 0.25) is 0 Å². The van der Waals surface area contributed by atoms with Crippen LogP contribution in [0.4, 0.5) is 39.5 Å². The van der Waals surface area contributed by atoms with Gasteiger partial charge >= 0.3 is 23.1 Å². The van der Waals surface area contributed by atoms with Crippen LogP contribution >= 0.6 is 0 Å². The van der Waals surface area contributed by atoms with Crippen molar-refractivity contribution in [1.29, 1.82) is 0 Å². The molecule has 3 aromatic carbocycles. The standard InChI is InChI=1S/C14F9.BrH.Mg/c15-2-1-3(16)8(17)5-4(2)9(18)6-7(10(5)19)12(21)14(23)13(22)11(6)20;;/h;1H;/q-1;;+2/p-1. The van der Waals surface area contributed by atoms with Crippen molar-refractivity contribution in [3.8, 4) is 0 Å². The molecule has 0 saturated carbocycles. The van der Waals surface area contributed by atoms with Gasteiger partial charge in [0.15, 0.2) is 23.3 Å². The predicted octanol–water partition coefficient (Wildman–Crippen LogP) is 1.67. The molecular weight excluding hydrogens is 443 g/mol. The first-order valence-electron chi connectivity index (χ1n) is 5.70. The first-order valence-corrected chi connectivity index (χ1v) is 5.70. The topological polar surface area (TPSA) is 0 Å². The Morgan fingerprint density at radius 3 is 1.20 bits per heavy atom. The summed E-state index contributed by atoms with van der Waals surface area (Å²) in [5.41, 5.74) is 0. The molecule has 0 aliphatic heterocycles. The van der Waals surface area contributed by atoms with Crippen LogP contribution in [0.3, 0.4) is 0 Å². The minimum Gasteiger partial charge on any atom is -1.00 e. The second-order valence-electron chi connectivity index (χ2n) is 4.45. The molecule has 3 rings (SSSR count). The summed E-state index contributed by atoms with van der Waals surface area (Å²) in [5, 5.41) is -6.91. The second kappa shape index (κ2) is 7.20. The minimum atomic E-state index is -2.49. The Balaban J connectivity index is 0.00000156. The smallest absolute Gasteiger partial charge is 1.00 e. The van der Waals surface area contributed by atoms with Crippen molar-refractivity contribution in [2.75, 3.05) is 0 Å². The molecule has 0 atom stereocenters. The van der Waals surface area contributed by atoms with E-state index in [1.165, 1.54) is 0 Å². The van der Waals surface area contributed by atoms with Gasteiger partial charge < -0.3 is 17.0 Å². The van der Waals surface area contributed by atoms with E-state index in [9.17, 15) is 39.5 Å². The molecule has 0 bridgehead atoms. The predicted molar refractivity (Wildman–Crippen MR) is 65.7 cm³/mol. The van der Waals surface area contributed by atoms with Crippen molar-refractivity contribution in [2.24, 2.45) is 0 Å². The molecule has 3 aromatic rings. The van der Waals surface area contributed by atoms with Gasteiger partial charge in [0.1, 0.15) is 5.82 Å². The van der Waals surface area contributed by atoms with Crippen LogP contribution in [0.1, 0.15) is 0 Å². The third-order valence-electron chi connectivity index (χ3n) is 3.25. The molecule has 0 saturated heterocycles. The number of fused-ring (bicyclic) bond motifs is 2. The van der Waals surface area contributed by atoms with Gasteiger partial charge in [-0.1, -0.05) is 5.39 Å². The molecule has 11 heteroatoms. The summed E-state index contributed by atoms with van der Waals surface area (Å²) in [4.78, 5) is 0. The van der Waals surface area contributed by atoms with Gasteiger partial charge in [-0.3, -0.25) is 4.39 Å². The van der Waals surface area contributed by atoms with Gasteiger partial charge in [0.05, 0.1) is 22.4 Å². The van der Waals surface area contributed by atoms with Crippen LogP contribution in [0.5, 0.6) is 0 Å². The number of hydrogen-bond acceptors (Lipinski definition) is 0. The molecule has 0 aromatic heterocycles. The van der Waals surface area contributed by atoms with E-state index in [4.69, 9.17) is 0 Å². The Kier molecular flexibility index (Phi) is 6.29. The molecule has 0 heterocycles. The van der Waals surface area contributed by atoms with Crippen LogP contribution in [0, 0.1) is 58.4 Å². The fourth-order valence-corrected chi connectivity index (χ4v) is 2.25. The van der Waals surface area contributed by atoms with Crippen molar-refractivity contribution < 1.29 is 56.5 Å². The Labute approximate surface area is 159 Å². The van der Waals surface area contributed by atoms with Gasteiger partial charge in [0, 0.05) is 11.6 Å². The molecule has 25 heavy (non-hydrogen) atoms. The van der Waals surface area contributed by atoms with E-state index in [2.05, 4.69) is 0 Å². The van der Waals surface area contributed by atoms with E-state index in [0.29, 0.717) is 0 Å². The third-order valence-corrected chi connectivity index (χ3v) is 3.25. The third kappa shape index (κ3) is 2.85. The van der Waals surface area contributed by atoms with Crippen LogP contribution in [-0.4, -0.2) is 23.1 Å². The molecule has 0 aliphatic rings. The Morgan fingerprint density at radius 1 is 0.400 bits per heavy atom. The zero-order valence-corrected chi connectivity index (χ0v) is 14.5. The number of hydrogen-bond donors (Lipinski definition) is 0. The molecule has 0 aliphatic carbocycles. The van der Waals surface area contributed by atoms with Crippen LogP contribution in [0.25, 0.3) is 21.5 Å². The Bertz CT molecular complexity index is 1020. The van der Waals surface area contributed by atoms with Crippen molar-refractivity contribution in [3.05, 3.63) is 58.4 Å². The second-order valence-corrected chi connectivity index (χ2v) is 4.45. The summed E-state index contributed by atoms with van der Waals surface area (Å²) in [6, 6.07) is 1.08. The van der Waals surface area contributed by atoms with Gasteiger partial charge in [-0.05, 0) is 5.39 Å². The largest absolute Gasteiger partial charge is 2.00 e. The molecule has 0 fully saturated rings. The molecular formula is C14BrF9Mg. The minimum absolute atomic E-state index is 0. The molecule has 0 radical (unpaired) electrons. The summed E-state index contributed by atoms with van der Waals surface area (Å²) in [6.45, 7) is 0. The molecule has 0 spiro atoms. The summed E-state index contributed by atoms with van der Waals surface area (Å²) in [7, 11) is 0. The van der Waals surface area contributed by atoms with Gasteiger partial charge in [0.2, 0.25) is 0 Å². The average Bonchev–Trinajstić information content (AvgIpc) is 2.49. The van der Waals surface area contributed by atoms with Gasteiger partial charge in [-0.15, -0.1) is 6.07 Å². The Hall–Kier alpha value is -1.20. The van der Waals surface area contributed by atoms with Crippen molar-refractivity contribution in [1.82, 2.24) is 0 Å². The molecule has 0 nitrogen and oxygen atoms in total. The maximum Gasteiger partial charge on any atom is 2.00 e. The molecule has 0 amide bonds. The van der Waals surface area contributed by atoms with E-state index in [1.54, 1.807) is 0 Å². The van der Waals surface area contributed by atoms with Crippen LogP contribution in [0.15, 0.2) is 0 Å². The SMILES string of the molecule is Fc1[c-]c(F)c2c(F)c3c(F)c(F)c(F)c(F)c3c(F)c2c1F.[Br-].[Mg+2]. The summed E-state index contributed by atoms with van der Waals surface area (Å²) < 4.78 is 122. The first kappa shape index (κ1) is 21.8. The quantitative estimate of drug-likeness (QED) is 0.124. The van der Waals surface area contributed by atoms with E-state index in [1.807, 2.05) is 0 Å². The molecule has 0 unspecified atom stereocenters. The van der Waals surface area contributed by atoms with Gasteiger partial charge in [0.25, 0.3) is 0 Å². The average molecular weight is 443 g/mol. The van der Waals surface area contributed by atoms with Gasteiger partial charge in [-0.25, -0.2) is 35.1 Å². The van der Waals surface area contributed by atoms with E-state index < -0.39 is 73.9 Å². The Morgan fingerprint density at radius 2 is 0.760 bits per heavy atom. The van der Waals surface area contributed by atoms with Crippen LogP contribution in [-0.2, 0) is 0 Å². The fraction of sp³-hybridized carbons (Fsp3) is 0. The normalized spacial score (nSPS) is 10.8. The summed E-state index contributed by atoms with van der Waals surface area (Å²) in [5.74, 6) is -20.2. The zero-order valence-electron chi connectivity index (χ0n) is 11.5. The van der Waals surface area contributed by atoms with E-state index in [-0.39, 0.29) is 40.0 Å². The molecule has 0 N–H and O–H groups in total. The van der Waals surface area contributed by atoms with Gasteiger partial charge in [-0.2, -0.15) is 0 Å². The fourth-order valence-electron chi connectivity index (χ4n) is 2.25. The first-order chi connectivity index (χ1) is 10.7. The van der Waals surface area contributed by atoms with E-state index >= 15 is 0 Å². The summed E-state index contributed by atoms with van der Waals surface area (Å²) in [6.07, 6.45) is 0. The number of benzene rings is 3. The van der Waals surface area contributed by atoms with Crippen molar-refractivity contribution in [3.63, 3.8) is 0 Å². The number of rotatable bonds is 0. The van der Waals surface area contributed by atoms with Crippen molar-refractivity contribution in [2.45, 2.75) is 0 Å².